The molecule has 0 aliphatic carbocycles. The Bertz CT molecular complexity index is 1630. The highest BCUT2D eigenvalue weighted by Crippen LogP contribution is 2.33. The van der Waals surface area contributed by atoms with Gasteiger partial charge in [0.2, 0.25) is 0 Å². The van der Waals surface area contributed by atoms with Crippen molar-refractivity contribution < 1.29 is 4.74 Å². The van der Waals surface area contributed by atoms with E-state index in [1.165, 1.54) is 24.6 Å². The summed E-state index contributed by atoms with van der Waals surface area (Å²) in [5.41, 5.74) is 4.13. The lowest BCUT2D eigenvalue weighted by molar-refractivity contribution is 0.0961. The molecule has 1 aliphatic rings. The van der Waals surface area contributed by atoms with Crippen LogP contribution in [0.1, 0.15) is 66.1 Å². The quantitative estimate of drug-likeness (QED) is 0.193. The summed E-state index contributed by atoms with van der Waals surface area (Å²) < 4.78 is 6.21. The van der Waals surface area contributed by atoms with E-state index in [4.69, 9.17) is 9.84 Å². The van der Waals surface area contributed by atoms with E-state index in [1.807, 2.05) is 0 Å². The number of hydrogen-bond donors (Lipinski definition) is 2. The molecule has 3 heterocycles. The minimum atomic E-state index is 0.143. The van der Waals surface area contributed by atoms with Gasteiger partial charge in [-0.05, 0) is 85.7 Å². The van der Waals surface area contributed by atoms with Crippen LogP contribution in [-0.2, 0) is 6.42 Å². The fourth-order valence-corrected chi connectivity index (χ4v) is 6.20. The van der Waals surface area contributed by atoms with E-state index in [2.05, 4.69) is 114 Å². The smallest absolute Gasteiger partial charge is 0.161 e. The van der Waals surface area contributed by atoms with Crippen LogP contribution in [0, 0.1) is 5.41 Å². The zero-order valence-corrected chi connectivity index (χ0v) is 25.0. The van der Waals surface area contributed by atoms with Crippen molar-refractivity contribution in [1.29, 1.82) is 0 Å². The van der Waals surface area contributed by atoms with Crippen molar-refractivity contribution in [3.63, 3.8) is 0 Å². The highest BCUT2D eigenvalue weighted by molar-refractivity contribution is 5.97. The topological polar surface area (TPSA) is 82.7 Å². The Morgan fingerprint density at radius 2 is 1.68 bits per heavy atom. The van der Waals surface area contributed by atoms with Gasteiger partial charge in [0, 0.05) is 41.6 Å². The first-order valence-electron chi connectivity index (χ1n) is 15.1. The molecule has 1 fully saturated rings. The van der Waals surface area contributed by atoms with Crippen molar-refractivity contribution >= 4 is 21.7 Å². The molecule has 7 nitrogen and oxygen atoms in total. The maximum atomic E-state index is 6.21. The summed E-state index contributed by atoms with van der Waals surface area (Å²) >= 11 is 0. The molecule has 214 valence electrons. The van der Waals surface area contributed by atoms with Crippen molar-refractivity contribution in [2.45, 2.75) is 78.8 Å². The Morgan fingerprint density at radius 1 is 0.902 bits per heavy atom. The highest BCUT2D eigenvalue weighted by Gasteiger charge is 2.24. The molecule has 5 aromatic rings. The van der Waals surface area contributed by atoms with Crippen molar-refractivity contribution in [3.05, 3.63) is 60.4 Å². The molecule has 1 saturated heterocycles. The Kier molecular flexibility index (Phi) is 7.56. The monoisotopic (exact) mass is 550 g/mol. The van der Waals surface area contributed by atoms with Gasteiger partial charge in [0.1, 0.15) is 11.6 Å². The van der Waals surface area contributed by atoms with E-state index in [1.54, 1.807) is 0 Å². The molecule has 2 aromatic heterocycles. The molecule has 1 aliphatic heterocycles. The van der Waals surface area contributed by atoms with Crippen LogP contribution in [0.4, 0.5) is 0 Å². The van der Waals surface area contributed by atoms with Gasteiger partial charge in [0.15, 0.2) is 5.82 Å². The molecule has 41 heavy (non-hydrogen) atoms. The summed E-state index contributed by atoms with van der Waals surface area (Å²) in [4.78, 5) is 6.05. The Hall–Kier alpha value is -3.71. The summed E-state index contributed by atoms with van der Waals surface area (Å²) in [7, 11) is 0. The number of hydrogen-bond acceptors (Lipinski definition) is 5. The maximum Gasteiger partial charge on any atom is 0.161 e. The van der Waals surface area contributed by atoms with E-state index in [-0.39, 0.29) is 5.41 Å². The first kappa shape index (κ1) is 27.5. The van der Waals surface area contributed by atoms with Crippen LogP contribution in [0.3, 0.4) is 0 Å². The van der Waals surface area contributed by atoms with Crippen molar-refractivity contribution in [3.8, 4) is 28.4 Å². The number of H-pyrrole nitrogens is 2. The fourth-order valence-electron chi connectivity index (χ4n) is 6.20. The average Bonchev–Trinajstić information content (AvgIpc) is 3.57. The molecule has 7 heteroatoms. The number of likely N-dealkylation sites (tertiary alicyclic amines) is 1. The van der Waals surface area contributed by atoms with Gasteiger partial charge in [-0.25, -0.2) is 0 Å². The van der Waals surface area contributed by atoms with Crippen LogP contribution in [0.5, 0.6) is 5.75 Å². The standard InChI is InChI=1S/C34H42N6O/c1-22-8-6-9-23(2)40(22)16-7-17-41-28-14-12-24-10-11-25(18-27(24)19-28)32-29-20-26(13-15-30(29)36-38-32)33-35-31(37-39-33)21-34(3,4)5/h10-15,18-20,22-23H,6-9,16-17,21H2,1-5H3,(H,36,38)(H,35,37,39). The van der Waals surface area contributed by atoms with Gasteiger partial charge in [0.05, 0.1) is 17.8 Å². The predicted octanol–water partition coefficient (Wildman–Crippen LogP) is 7.79. The number of aromatic nitrogens is 5. The van der Waals surface area contributed by atoms with Crippen LogP contribution in [0.25, 0.3) is 44.3 Å². The molecular formula is C34H42N6O. The molecule has 0 bridgehead atoms. The summed E-state index contributed by atoms with van der Waals surface area (Å²) in [6.07, 6.45) is 5.85. The fraction of sp³-hybridized carbons (Fsp3) is 0.441. The third kappa shape index (κ3) is 6.15. The predicted molar refractivity (Wildman–Crippen MR) is 167 cm³/mol. The molecule has 0 amide bonds. The number of piperidine rings is 1. The van der Waals surface area contributed by atoms with Gasteiger partial charge in [-0.15, -0.1) is 10.2 Å². The summed E-state index contributed by atoms with van der Waals surface area (Å²) in [5.74, 6) is 2.60. The minimum absolute atomic E-state index is 0.143. The number of nitrogens with one attached hydrogen (secondary N) is 2. The van der Waals surface area contributed by atoms with Crippen molar-refractivity contribution in [2.75, 3.05) is 13.2 Å². The number of aromatic amines is 2. The van der Waals surface area contributed by atoms with Gasteiger partial charge >= 0.3 is 0 Å². The van der Waals surface area contributed by atoms with Crippen LogP contribution in [0.2, 0.25) is 0 Å². The molecule has 2 unspecified atom stereocenters. The SMILES string of the molecule is CC1CCCC(C)N1CCCOc1ccc2ccc(-c3n[nH]c4ccc(-c5nnc(CC(C)(C)C)[nH]5)cc34)cc2c1. The van der Waals surface area contributed by atoms with Gasteiger partial charge < -0.3 is 9.72 Å². The Morgan fingerprint density at radius 3 is 2.49 bits per heavy atom. The zero-order valence-electron chi connectivity index (χ0n) is 25.0. The third-order valence-corrected chi connectivity index (χ3v) is 8.36. The Labute approximate surface area is 242 Å². The normalized spacial score (nSPS) is 18.4. The lowest BCUT2D eigenvalue weighted by Crippen LogP contribution is -2.44. The van der Waals surface area contributed by atoms with Gasteiger partial charge in [-0.2, -0.15) is 5.10 Å². The van der Waals surface area contributed by atoms with E-state index in [0.717, 1.165) is 76.5 Å². The molecule has 3 aromatic carbocycles. The third-order valence-electron chi connectivity index (χ3n) is 8.36. The highest BCUT2D eigenvalue weighted by atomic mass is 16.5. The first-order chi connectivity index (χ1) is 19.7. The second-order valence-corrected chi connectivity index (χ2v) is 13.0. The van der Waals surface area contributed by atoms with Crippen LogP contribution in [-0.4, -0.2) is 55.5 Å². The maximum absolute atomic E-state index is 6.21. The molecule has 0 saturated carbocycles. The average molecular weight is 551 g/mol. The first-order valence-corrected chi connectivity index (χ1v) is 15.1. The summed E-state index contributed by atoms with van der Waals surface area (Å²) in [6, 6.07) is 20.5. The van der Waals surface area contributed by atoms with Crippen LogP contribution >= 0.6 is 0 Å². The lowest BCUT2D eigenvalue weighted by Gasteiger charge is -2.39. The van der Waals surface area contributed by atoms with Crippen molar-refractivity contribution in [2.24, 2.45) is 5.41 Å². The molecule has 0 spiro atoms. The molecular weight excluding hydrogens is 508 g/mol. The minimum Gasteiger partial charge on any atom is -0.494 e. The molecule has 2 atom stereocenters. The number of benzene rings is 3. The zero-order chi connectivity index (χ0) is 28.6. The number of nitrogens with zero attached hydrogens (tertiary/aromatic N) is 4. The van der Waals surface area contributed by atoms with E-state index < -0.39 is 0 Å². The number of rotatable bonds is 8. The molecule has 2 N–H and O–H groups in total. The van der Waals surface area contributed by atoms with Gasteiger partial charge in [-0.1, -0.05) is 45.4 Å². The largest absolute Gasteiger partial charge is 0.494 e. The van der Waals surface area contributed by atoms with Crippen LogP contribution in [0.15, 0.2) is 54.6 Å². The second kappa shape index (κ2) is 11.3. The van der Waals surface area contributed by atoms with Gasteiger partial charge in [-0.3, -0.25) is 10.00 Å². The summed E-state index contributed by atoms with van der Waals surface area (Å²) in [6.45, 7) is 13.2. The van der Waals surface area contributed by atoms with E-state index >= 15 is 0 Å². The van der Waals surface area contributed by atoms with Crippen molar-refractivity contribution in [1.82, 2.24) is 30.3 Å². The lowest BCUT2D eigenvalue weighted by atomic mass is 9.92. The molecule has 0 radical (unpaired) electrons. The number of ether oxygens (including phenoxy) is 1. The summed E-state index contributed by atoms with van der Waals surface area (Å²) in [5, 5.41) is 20.1. The Balaban J connectivity index is 1.19. The van der Waals surface area contributed by atoms with E-state index in [0.29, 0.717) is 12.1 Å². The second-order valence-electron chi connectivity index (χ2n) is 13.0. The number of fused-ring (bicyclic) bond motifs is 2. The van der Waals surface area contributed by atoms with Gasteiger partial charge in [0.25, 0.3) is 0 Å². The molecule has 6 rings (SSSR count). The van der Waals surface area contributed by atoms with Crippen LogP contribution < -0.4 is 4.74 Å². The van der Waals surface area contributed by atoms with E-state index in [9.17, 15) is 0 Å².